The monoisotopic (exact) mass is 507 g/mol. The van der Waals surface area contributed by atoms with Gasteiger partial charge in [-0.15, -0.1) is 0 Å². The van der Waals surface area contributed by atoms with E-state index < -0.39 is 17.2 Å². The van der Waals surface area contributed by atoms with Crippen molar-refractivity contribution in [1.82, 2.24) is 29.6 Å². The molecule has 1 atom stereocenters. The normalized spacial score (nSPS) is 15.9. The van der Waals surface area contributed by atoms with Gasteiger partial charge in [0, 0.05) is 74.8 Å². The van der Waals surface area contributed by atoms with Gasteiger partial charge >= 0.3 is 0 Å². The van der Waals surface area contributed by atoms with Crippen molar-refractivity contribution in [2.45, 2.75) is 38.8 Å². The number of pyridine rings is 1. The summed E-state index contributed by atoms with van der Waals surface area (Å²) >= 11 is 0. The predicted molar refractivity (Wildman–Crippen MR) is 138 cm³/mol. The van der Waals surface area contributed by atoms with E-state index in [4.69, 9.17) is 9.97 Å². The van der Waals surface area contributed by atoms with Gasteiger partial charge in [-0.2, -0.15) is 5.10 Å². The van der Waals surface area contributed by atoms with Crippen molar-refractivity contribution in [3.63, 3.8) is 0 Å². The SMILES string of the molecule is CC(c1cc2nc(-c3cnn(C)c3)c(N3CCN(Cc4ccc(F)cc4F)CC3)nc2cn1)C(C)(C)O. The van der Waals surface area contributed by atoms with Gasteiger partial charge in [-0.3, -0.25) is 14.6 Å². The average Bonchev–Trinajstić information content (AvgIpc) is 3.30. The summed E-state index contributed by atoms with van der Waals surface area (Å²) in [5.41, 5.74) is 3.28. The Balaban J connectivity index is 1.44. The van der Waals surface area contributed by atoms with E-state index in [1.165, 1.54) is 12.1 Å². The van der Waals surface area contributed by atoms with Crippen molar-refractivity contribution in [3.8, 4) is 11.3 Å². The number of aryl methyl sites for hydroxylation is 1. The Hall–Kier alpha value is -3.50. The number of anilines is 1. The Morgan fingerprint density at radius 3 is 2.43 bits per heavy atom. The Labute approximate surface area is 214 Å². The second-order valence-electron chi connectivity index (χ2n) is 10.3. The highest BCUT2D eigenvalue weighted by molar-refractivity contribution is 5.83. The highest BCUT2D eigenvalue weighted by Crippen LogP contribution is 2.32. The van der Waals surface area contributed by atoms with E-state index in [1.54, 1.807) is 30.9 Å². The van der Waals surface area contributed by atoms with E-state index >= 15 is 0 Å². The van der Waals surface area contributed by atoms with Gasteiger partial charge in [0.15, 0.2) is 5.82 Å². The van der Waals surface area contributed by atoms with Crippen molar-refractivity contribution in [2.24, 2.45) is 7.05 Å². The third-order valence-electron chi connectivity index (χ3n) is 7.12. The summed E-state index contributed by atoms with van der Waals surface area (Å²) < 4.78 is 29.2. The van der Waals surface area contributed by atoms with Gasteiger partial charge in [0.2, 0.25) is 0 Å². The highest BCUT2D eigenvalue weighted by Gasteiger charge is 2.27. The van der Waals surface area contributed by atoms with Crippen molar-refractivity contribution >= 4 is 16.9 Å². The Kier molecular flexibility index (Phi) is 6.63. The first-order valence-corrected chi connectivity index (χ1v) is 12.4. The van der Waals surface area contributed by atoms with E-state index in [9.17, 15) is 13.9 Å². The minimum Gasteiger partial charge on any atom is -0.390 e. The van der Waals surface area contributed by atoms with Crippen LogP contribution in [0.3, 0.4) is 0 Å². The molecule has 1 aliphatic heterocycles. The van der Waals surface area contributed by atoms with Gasteiger partial charge in [-0.05, 0) is 26.0 Å². The van der Waals surface area contributed by atoms with E-state index in [-0.39, 0.29) is 5.92 Å². The predicted octanol–water partition coefficient (Wildman–Crippen LogP) is 3.90. The number of hydrogen-bond donors (Lipinski definition) is 1. The first kappa shape index (κ1) is 25.2. The van der Waals surface area contributed by atoms with Crippen LogP contribution in [0.1, 0.15) is 37.9 Å². The fraction of sp³-hybridized carbons (Fsp3) is 0.407. The Morgan fingerprint density at radius 1 is 1.03 bits per heavy atom. The van der Waals surface area contributed by atoms with Gasteiger partial charge in [-0.25, -0.2) is 18.7 Å². The Morgan fingerprint density at radius 2 is 1.78 bits per heavy atom. The van der Waals surface area contributed by atoms with E-state index in [0.717, 1.165) is 28.8 Å². The van der Waals surface area contributed by atoms with Crippen LogP contribution in [0.25, 0.3) is 22.3 Å². The molecule has 0 amide bonds. The molecule has 0 saturated carbocycles. The van der Waals surface area contributed by atoms with Crippen molar-refractivity contribution in [1.29, 1.82) is 0 Å². The maximum Gasteiger partial charge on any atom is 0.156 e. The molecule has 0 radical (unpaired) electrons. The molecule has 10 heteroatoms. The molecule has 4 aromatic rings. The lowest BCUT2D eigenvalue weighted by molar-refractivity contribution is 0.0546. The zero-order valence-corrected chi connectivity index (χ0v) is 21.5. The molecule has 0 bridgehead atoms. The van der Waals surface area contributed by atoms with Gasteiger partial charge in [-0.1, -0.05) is 13.0 Å². The third-order valence-corrected chi connectivity index (χ3v) is 7.12. The second kappa shape index (κ2) is 9.75. The molecule has 1 fully saturated rings. The summed E-state index contributed by atoms with van der Waals surface area (Å²) in [6.45, 7) is 8.65. The fourth-order valence-corrected chi connectivity index (χ4v) is 4.53. The molecule has 5 rings (SSSR count). The topological polar surface area (TPSA) is 83.2 Å². The minimum absolute atomic E-state index is 0.181. The zero-order valence-electron chi connectivity index (χ0n) is 21.5. The number of halogens is 2. The summed E-state index contributed by atoms with van der Waals surface area (Å²) in [5.74, 6) is -0.523. The molecule has 194 valence electrons. The summed E-state index contributed by atoms with van der Waals surface area (Å²) in [6, 6.07) is 5.62. The molecule has 1 unspecified atom stereocenters. The molecule has 1 aromatic carbocycles. The Bertz CT molecular complexity index is 1420. The number of aliphatic hydroxyl groups is 1. The van der Waals surface area contributed by atoms with Gasteiger partial charge in [0.05, 0.1) is 23.5 Å². The van der Waals surface area contributed by atoms with Crippen LogP contribution in [0.5, 0.6) is 0 Å². The zero-order chi connectivity index (χ0) is 26.3. The molecular weight excluding hydrogens is 476 g/mol. The van der Waals surface area contributed by atoms with Crippen LogP contribution in [0, 0.1) is 11.6 Å². The summed E-state index contributed by atoms with van der Waals surface area (Å²) in [7, 11) is 1.86. The van der Waals surface area contributed by atoms with Gasteiger partial charge < -0.3 is 10.0 Å². The number of hydrogen-bond acceptors (Lipinski definition) is 7. The summed E-state index contributed by atoms with van der Waals surface area (Å²) in [5, 5.41) is 14.8. The maximum absolute atomic E-state index is 14.2. The minimum atomic E-state index is -0.920. The molecule has 1 saturated heterocycles. The maximum atomic E-state index is 14.2. The van der Waals surface area contributed by atoms with Crippen LogP contribution in [0.15, 0.2) is 42.9 Å². The van der Waals surface area contributed by atoms with Gasteiger partial charge in [0.25, 0.3) is 0 Å². The molecule has 3 aromatic heterocycles. The first-order chi connectivity index (χ1) is 17.6. The quantitative estimate of drug-likeness (QED) is 0.424. The number of benzene rings is 1. The third kappa shape index (κ3) is 5.30. The molecule has 37 heavy (non-hydrogen) atoms. The summed E-state index contributed by atoms with van der Waals surface area (Å²) in [6.07, 6.45) is 5.40. The van der Waals surface area contributed by atoms with Crippen LogP contribution >= 0.6 is 0 Å². The molecule has 1 aliphatic rings. The fourth-order valence-electron chi connectivity index (χ4n) is 4.53. The lowest BCUT2D eigenvalue weighted by Gasteiger charge is -2.36. The first-order valence-electron chi connectivity index (χ1n) is 12.4. The molecule has 1 N–H and O–H groups in total. The van der Waals surface area contributed by atoms with Crippen LogP contribution in [0.4, 0.5) is 14.6 Å². The molecular formula is C27H31F2N7O. The standard InChI is InChI=1S/C27H31F2N7O/c1-17(27(2,3)37)22-12-23-24(14-30-22)33-26(25(32-23)19-13-31-34(4)15-19)36-9-7-35(8-10-36)16-18-5-6-20(28)11-21(18)29/h5-6,11-15,17,37H,7-10,16H2,1-4H3. The molecule has 0 aliphatic carbocycles. The summed E-state index contributed by atoms with van der Waals surface area (Å²) in [4.78, 5) is 18.9. The second-order valence-corrected chi connectivity index (χ2v) is 10.3. The molecule has 0 spiro atoms. The van der Waals surface area contributed by atoms with Crippen molar-refractivity contribution < 1.29 is 13.9 Å². The van der Waals surface area contributed by atoms with E-state index in [1.807, 2.05) is 26.2 Å². The number of nitrogens with zero attached hydrogens (tertiary/aromatic N) is 7. The van der Waals surface area contributed by atoms with Crippen LogP contribution < -0.4 is 4.90 Å². The largest absolute Gasteiger partial charge is 0.390 e. The van der Waals surface area contributed by atoms with Gasteiger partial charge in [0.1, 0.15) is 22.8 Å². The smallest absolute Gasteiger partial charge is 0.156 e. The van der Waals surface area contributed by atoms with E-state index in [2.05, 4.69) is 19.9 Å². The average molecular weight is 508 g/mol. The van der Waals surface area contributed by atoms with Crippen LogP contribution in [-0.4, -0.2) is 66.5 Å². The lowest BCUT2D eigenvalue weighted by atomic mass is 9.89. The number of aromatic nitrogens is 5. The molecule has 8 nitrogen and oxygen atoms in total. The highest BCUT2D eigenvalue weighted by atomic mass is 19.1. The lowest BCUT2D eigenvalue weighted by Crippen LogP contribution is -2.46. The van der Waals surface area contributed by atoms with Crippen LogP contribution in [0.2, 0.25) is 0 Å². The van der Waals surface area contributed by atoms with E-state index in [0.29, 0.717) is 49.3 Å². The number of rotatable bonds is 6. The number of piperazine rings is 1. The number of fused-ring (bicyclic) bond motifs is 1. The van der Waals surface area contributed by atoms with Crippen molar-refractivity contribution in [3.05, 3.63) is 65.7 Å². The van der Waals surface area contributed by atoms with Crippen molar-refractivity contribution in [2.75, 3.05) is 31.1 Å². The molecule has 4 heterocycles. The van der Waals surface area contributed by atoms with Crippen LogP contribution in [-0.2, 0) is 13.6 Å².